The molecule has 0 saturated heterocycles. The lowest BCUT2D eigenvalue weighted by atomic mass is 9.83. The predicted octanol–water partition coefficient (Wildman–Crippen LogP) is 2.22. The fourth-order valence-corrected chi connectivity index (χ4v) is 3.26. The van der Waals surface area contributed by atoms with Crippen LogP contribution in [-0.2, 0) is 19.1 Å². The number of likely N-dealkylation sites (N-methyl/N-ethyl adjacent to an activating group) is 2. The summed E-state index contributed by atoms with van der Waals surface area (Å²) in [6, 6.07) is -1.21. The van der Waals surface area contributed by atoms with Gasteiger partial charge in [-0.1, -0.05) is 41.0 Å². The molecule has 4 atom stereocenters. The van der Waals surface area contributed by atoms with Crippen molar-refractivity contribution in [2.75, 3.05) is 28.3 Å². The van der Waals surface area contributed by atoms with Crippen LogP contribution < -0.4 is 5.32 Å². The Morgan fingerprint density at radius 3 is 1.90 bits per heavy atom. The Hall–Kier alpha value is -1.67. The molecule has 0 radical (unpaired) electrons. The molecule has 0 aliphatic rings. The third-order valence-electron chi connectivity index (χ3n) is 6.14. The number of carbonyl (C=O) groups is 3. The van der Waals surface area contributed by atoms with Gasteiger partial charge in [-0.05, 0) is 39.3 Å². The first kappa shape index (κ1) is 28.3. The smallest absolute Gasteiger partial charge is 0.306 e. The lowest BCUT2D eigenvalue weighted by Crippen LogP contribution is -2.62. The number of carbonyl (C=O) groups excluding carboxylic acids is 2. The average Bonchev–Trinajstić information content (AvgIpc) is 2.62. The van der Waals surface area contributed by atoms with Crippen molar-refractivity contribution >= 4 is 17.8 Å². The normalized spacial score (nSPS) is 16.5. The van der Waals surface area contributed by atoms with Crippen molar-refractivity contribution < 1.29 is 24.2 Å². The fraction of sp³-hybridized carbons (Fsp3) is 0.864. The minimum Gasteiger partial charge on any atom is -0.481 e. The first-order valence-electron chi connectivity index (χ1n) is 10.5. The van der Waals surface area contributed by atoms with E-state index in [2.05, 4.69) is 5.32 Å². The Kier molecular flexibility index (Phi) is 10.5. The zero-order chi connectivity index (χ0) is 24.0. The quantitative estimate of drug-likeness (QED) is 0.522. The van der Waals surface area contributed by atoms with Gasteiger partial charge in [0.15, 0.2) is 0 Å². The highest BCUT2D eigenvalue weighted by atomic mass is 16.5. The summed E-state index contributed by atoms with van der Waals surface area (Å²) in [6.45, 7) is 13.3. The van der Waals surface area contributed by atoms with Crippen LogP contribution in [0.3, 0.4) is 0 Å². The van der Waals surface area contributed by atoms with Gasteiger partial charge >= 0.3 is 5.97 Å². The number of hydrogen-bond donors (Lipinski definition) is 2. The Morgan fingerprint density at radius 2 is 1.57 bits per heavy atom. The van der Waals surface area contributed by atoms with Crippen LogP contribution in [0.2, 0.25) is 0 Å². The van der Waals surface area contributed by atoms with Gasteiger partial charge < -0.3 is 20.1 Å². The number of nitrogens with one attached hydrogen (secondary N) is 1. The molecule has 0 unspecified atom stereocenters. The molecule has 0 aromatic carbocycles. The van der Waals surface area contributed by atoms with Gasteiger partial charge in [-0.15, -0.1) is 0 Å². The maximum atomic E-state index is 13.6. The summed E-state index contributed by atoms with van der Waals surface area (Å²) in [7, 11) is 6.75. The molecule has 0 aromatic rings. The Balaban J connectivity index is 6.00. The molecule has 0 aliphatic heterocycles. The lowest BCUT2D eigenvalue weighted by molar-refractivity contribution is -0.149. The van der Waals surface area contributed by atoms with Gasteiger partial charge in [-0.3, -0.25) is 19.3 Å². The van der Waals surface area contributed by atoms with Gasteiger partial charge in [-0.2, -0.15) is 0 Å². The summed E-state index contributed by atoms with van der Waals surface area (Å²) in [4.78, 5) is 41.2. The standard InChI is InChI=1S/C22H43N3O5/c1-12-14(2)17(15(30-11)13-16(26)27)25(10)19(28)18(21(3,4)5)23-20(29)22(6,7)24(8)9/h14-15,17-18H,12-13H2,1-11H3,(H,23,29)(H,26,27)/t14-,15+,17-,18+/m0/s1. The number of methoxy groups -OCH3 is 1. The molecule has 0 saturated carbocycles. The second kappa shape index (κ2) is 11.1. The zero-order valence-corrected chi connectivity index (χ0v) is 20.7. The molecule has 2 N–H and O–H groups in total. The van der Waals surface area contributed by atoms with E-state index in [1.54, 1.807) is 30.7 Å². The molecule has 0 bridgehead atoms. The average molecular weight is 430 g/mol. The van der Waals surface area contributed by atoms with Crippen molar-refractivity contribution in [2.24, 2.45) is 11.3 Å². The monoisotopic (exact) mass is 429 g/mol. The molecule has 0 fully saturated rings. The van der Waals surface area contributed by atoms with Crippen LogP contribution in [0.1, 0.15) is 61.3 Å². The maximum Gasteiger partial charge on any atom is 0.306 e. The van der Waals surface area contributed by atoms with Gasteiger partial charge in [0.05, 0.1) is 24.1 Å². The predicted molar refractivity (Wildman–Crippen MR) is 118 cm³/mol. The van der Waals surface area contributed by atoms with Crippen LogP contribution in [0.25, 0.3) is 0 Å². The Bertz CT molecular complexity index is 598. The van der Waals surface area contributed by atoms with E-state index in [9.17, 15) is 19.5 Å². The van der Waals surface area contributed by atoms with Crippen molar-refractivity contribution in [3.8, 4) is 0 Å². The molecular weight excluding hydrogens is 386 g/mol. The number of ether oxygens (including phenoxy) is 1. The Labute approximate surface area is 182 Å². The number of carboxylic acid groups (broad SMARTS) is 1. The Morgan fingerprint density at radius 1 is 1.07 bits per heavy atom. The second-order valence-corrected chi connectivity index (χ2v) is 9.92. The highest BCUT2D eigenvalue weighted by Gasteiger charge is 2.42. The third kappa shape index (κ3) is 7.23. The summed E-state index contributed by atoms with van der Waals surface area (Å²) < 4.78 is 5.48. The van der Waals surface area contributed by atoms with E-state index in [1.807, 2.05) is 48.7 Å². The summed E-state index contributed by atoms with van der Waals surface area (Å²) in [5.41, 5.74) is -1.34. The van der Waals surface area contributed by atoms with Crippen LogP contribution in [0.5, 0.6) is 0 Å². The molecule has 0 aromatic heterocycles. The van der Waals surface area contributed by atoms with Crippen LogP contribution in [0.4, 0.5) is 0 Å². The van der Waals surface area contributed by atoms with Crippen molar-refractivity contribution in [2.45, 2.75) is 85.0 Å². The summed E-state index contributed by atoms with van der Waals surface area (Å²) in [5, 5.41) is 12.2. The molecule has 0 aliphatic carbocycles. The minimum absolute atomic E-state index is 0.0118. The molecule has 0 heterocycles. The van der Waals surface area contributed by atoms with Crippen LogP contribution in [0, 0.1) is 11.3 Å². The van der Waals surface area contributed by atoms with E-state index in [-0.39, 0.29) is 24.2 Å². The van der Waals surface area contributed by atoms with Crippen molar-refractivity contribution in [3.05, 3.63) is 0 Å². The van der Waals surface area contributed by atoms with Crippen molar-refractivity contribution in [3.63, 3.8) is 0 Å². The van der Waals surface area contributed by atoms with E-state index < -0.39 is 35.1 Å². The molecular formula is C22H43N3O5. The number of rotatable bonds is 11. The second-order valence-electron chi connectivity index (χ2n) is 9.92. The number of aliphatic carboxylic acids is 1. The summed E-state index contributed by atoms with van der Waals surface area (Å²) >= 11 is 0. The molecule has 176 valence electrons. The first-order chi connectivity index (χ1) is 13.5. The van der Waals surface area contributed by atoms with E-state index in [1.165, 1.54) is 7.11 Å². The summed E-state index contributed by atoms with van der Waals surface area (Å²) in [6.07, 6.45) is -0.105. The lowest BCUT2D eigenvalue weighted by Gasteiger charge is -2.42. The molecule has 0 rings (SSSR count). The van der Waals surface area contributed by atoms with Crippen LogP contribution >= 0.6 is 0 Å². The molecule has 0 spiro atoms. The van der Waals surface area contributed by atoms with Crippen LogP contribution in [0.15, 0.2) is 0 Å². The van der Waals surface area contributed by atoms with E-state index in [0.29, 0.717) is 0 Å². The minimum atomic E-state index is -0.982. The number of carboxylic acids is 1. The third-order valence-corrected chi connectivity index (χ3v) is 6.14. The SMILES string of the molecule is CC[C@H](C)[C@@H]([C@@H](CC(=O)O)OC)N(C)C(=O)[C@@H](NC(=O)C(C)(C)N(C)C)C(C)(C)C. The topological polar surface area (TPSA) is 99.2 Å². The molecule has 8 nitrogen and oxygen atoms in total. The molecule has 2 amide bonds. The van der Waals surface area contributed by atoms with E-state index in [4.69, 9.17) is 4.74 Å². The van der Waals surface area contributed by atoms with E-state index >= 15 is 0 Å². The zero-order valence-electron chi connectivity index (χ0n) is 20.7. The van der Waals surface area contributed by atoms with Gasteiger partial charge in [0.2, 0.25) is 11.8 Å². The van der Waals surface area contributed by atoms with Crippen molar-refractivity contribution in [1.82, 2.24) is 15.1 Å². The fourth-order valence-electron chi connectivity index (χ4n) is 3.26. The molecule has 30 heavy (non-hydrogen) atoms. The summed E-state index contributed by atoms with van der Waals surface area (Å²) in [5.74, 6) is -1.48. The number of hydrogen-bond acceptors (Lipinski definition) is 5. The van der Waals surface area contributed by atoms with Gasteiger partial charge in [-0.25, -0.2) is 0 Å². The van der Waals surface area contributed by atoms with Gasteiger partial charge in [0, 0.05) is 14.2 Å². The number of nitrogens with zero attached hydrogens (tertiary/aromatic N) is 2. The van der Waals surface area contributed by atoms with E-state index in [0.717, 1.165) is 6.42 Å². The van der Waals surface area contributed by atoms with Crippen LogP contribution in [-0.4, -0.2) is 84.7 Å². The van der Waals surface area contributed by atoms with Crippen molar-refractivity contribution in [1.29, 1.82) is 0 Å². The van der Waals surface area contributed by atoms with Gasteiger partial charge in [0.1, 0.15) is 6.04 Å². The highest BCUT2D eigenvalue weighted by Crippen LogP contribution is 2.27. The first-order valence-corrected chi connectivity index (χ1v) is 10.5. The number of amides is 2. The maximum absolute atomic E-state index is 13.6. The molecule has 8 heteroatoms. The highest BCUT2D eigenvalue weighted by molar-refractivity contribution is 5.92. The van der Waals surface area contributed by atoms with Gasteiger partial charge in [0.25, 0.3) is 0 Å². The largest absolute Gasteiger partial charge is 0.481 e.